The molecule has 4 nitrogen and oxygen atoms in total. The van der Waals surface area contributed by atoms with Crippen LogP contribution in [-0.4, -0.2) is 14.5 Å². The Bertz CT molecular complexity index is 3120. The van der Waals surface area contributed by atoms with Crippen molar-refractivity contribution in [2.24, 2.45) is 0 Å². The molecule has 0 aliphatic heterocycles. The smallest absolute Gasteiger partial charge is 0.160 e. The molecule has 0 amide bonds. The highest BCUT2D eigenvalue weighted by Crippen LogP contribution is 2.46. The highest BCUT2D eigenvalue weighted by Gasteiger charge is 2.24. The Morgan fingerprint density at radius 3 is 1.77 bits per heavy atom. The molecule has 11 rings (SSSR count). The van der Waals surface area contributed by atoms with Crippen molar-refractivity contribution < 1.29 is 4.42 Å². The number of hydrogen-bond acceptors (Lipinski definition) is 3. The lowest BCUT2D eigenvalue weighted by Crippen LogP contribution is -1.98. The summed E-state index contributed by atoms with van der Waals surface area (Å²) >= 11 is 0. The van der Waals surface area contributed by atoms with E-state index in [9.17, 15) is 0 Å². The Hall–Kier alpha value is -7.04. The number of hydrogen-bond donors (Lipinski definition) is 0. The summed E-state index contributed by atoms with van der Waals surface area (Å²) in [6, 6.07) is 61.7. The summed E-state index contributed by atoms with van der Waals surface area (Å²) in [6.45, 7) is 0. The first-order chi connectivity index (χ1) is 25.8. The number of rotatable bonds is 4. The molecule has 0 saturated heterocycles. The van der Waals surface area contributed by atoms with Gasteiger partial charge in [-0.25, -0.2) is 9.97 Å². The summed E-state index contributed by atoms with van der Waals surface area (Å²) < 4.78 is 9.35. The summed E-state index contributed by atoms with van der Waals surface area (Å²) in [4.78, 5) is 10.3. The molecule has 0 aliphatic rings. The molecule has 0 aliphatic carbocycles. The summed E-state index contributed by atoms with van der Waals surface area (Å²) in [5.74, 6) is 0.683. The van der Waals surface area contributed by atoms with Crippen LogP contribution in [0.1, 0.15) is 0 Å². The minimum Gasteiger partial charge on any atom is -0.454 e. The highest BCUT2D eigenvalue weighted by atomic mass is 16.3. The average Bonchev–Trinajstić information content (AvgIpc) is 3.78. The van der Waals surface area contributed by atoms with Crippen molar-refractivity contribution in [2.75, 3.05) is 0 Å². The van der Waals surface area contributed by atoms with Gasteiger partial charge in [-0.15, -0.1) is 0 Å². The second-order valence-corrected chi connectivity index (χ2v) is 13.3. The van der Waals surface area contributed by atoms with Crippen LogP contribution in [-0.2, 0) is 0 Å². The van der Waals surface area contributed by atoms with Crippen LogP contribution in [0.25, 0.3) is 105 Å². The van der Waals surface area contributed by atoms with E-state index in [0.717, 1.165) is 61.2 Å². The molecule has 52 heavy (non-hydrogen) atoms. The van der Waals surface area contributed by atoms with Gasteiger partial charge in [0.2, 0.25) is 0 Å². The van der Waals surface area contributed by atoms with Crippen molar-refractivity contribution in [3.05, 3.63) is 176 Å². The normalized spacial score (nSPS) is 11.8. The predicted octanol–water partition coefficient (Wildman–Crippen LogP) is 12.8. The zero-order valence-electron chi connectivity index (χ0n) is 28.0. The SMILES string of the molecule is c1ccc(-c2cc(-c3ccc(-n4c5ccccc5c5c6ccccc6c6ccccc6c54)c4oc5ccccc5c34)nc(-c3ccccc3)n2)cc1. The van der Waals surface area contributed by atoms with E-state index in [2.05, 4.69) is 150 Å². The van der Waals surface area contributed by atoms with Gasteiger partial charge in [0.1, 0.15) is 5.58 Å². The van der Waals surface area contributed by atoms with Crippen LogP contribution in [0.3, 0.4) is 0 Å². The Morgan fingerprint density at radius 1 is 0.423 bits per heavy atom. The van der Waals surface area contributed by atoms with Gasteiger partial charge >= 0.3 is 0 Å². The zero-order chi connectivity index (χ0) is 34.2. The number of benzene rings is 8. The molecule has 0 saturated carbocycles. The largest absolute Gasteiger partial charge is 0.454 e. The van der Waals surface area contributed by atoms with Gasteiger partial charge in [0.25, 0.3) is 0 Å². The lowest BCUT2D eigenvalue weighted by Gasteiger charge is -2.14. The first kappa shape index (κ1) is 28.8. The first-order valence-electron chi connectivity index (χ1n) is 17.6. The molecule has 3 aromatic heterocycles. The third-order valence-electron chi connectivity index (χ3n) is 10.4. The van der Waals surface area contributed by atoms with Crippen LogP contribution in [0.2, 0.25) is 0 Å². The summed E-state index contributed by atoms with van der Waals surface area (Å²) in [7, 11) is 0. The fraction of sp³-hybridized carbons (Fsp3) is 0. The quantitative estimate of drug-likeness (QED) is 0.176. The van der Waals surface area contributed by atoms with Gasteiger partial charge in [-0.1, -0.05) is 146 Å². The van der Waals surface area contributed by atoms with E-state index in [-0.39, 0.29) is 0 Å². The average molecular weight is 664 g/mol. The van der Waals surface area contributed by atoms with E-state index in [0.29, 0.717) is 5.82 Å². The monoisotopic (exact) mass is 663 g/mol. The molecule has 0 fully saturated rings. The number of aromatic nitrogens is 3. The molecule has 8 aromatic carbocycles. The highest BCUT2D eigenvalue weighted by molar-refractivity contribution is 6.32. The summed E-state index contributed by atoms with van der Waals surface area (Å²) in [5, 5.41) is 9.47. The maximum atomic E-state index is 6.93. The Balaban J connectivity index is 1.27. The van der Waals surface area contributed by atoms with Crippen molar-refractivity contribution in [3.63, 3.8) is 0 Å². The van der Waals surface area contributed by atoms with Crippen LogP contribution in [0.4, 0.5) is 0 Å². The van der Waals surface area contributed by atoms with E-state index >= 15 is 0 Å². The number of furan rings is 1. The van der Waals surface area contributed by atoms with E-state index in [1.807, 2.05) is 30.3 Å². The minimum absolute atomic E-state index is 0.683. The summed E-state index contributed by atoms with van der Waals surface area (Å²) in [6.07, 6.45) is 0. The molecule has 4 heteroatoms. The van der Waals surface area contributed by atoms with Crippen molar-refractivity contribution in [1.29, 1.82) is 0 Å². The maximum absolute atomic E-state index is 6.93. The fourth-order valence-corrected chi connectivity index (χ4v) is 8.14. The molecule has 0 N–H and O–H groups in total. The minimum atomic E-state index is 0.683. The van der Waals surface area contributed by atoms with E-state index in [4.69, 9.17) is 14.4 Å². The Morgan fingerprint density at radius 2 is 1.00 bits per heavy atom. The predicted molar refractivity (Wildman–Crippen MR) is 215 cm³/mol. The maximum Gasteiger partial charge on any atom is 0.160 e. The van der Waals surface area contributed by atoms with Crippen LogP contribution >= 0.6 is 0 Å². The zero-order valence-corrected chi connectivity index (χ0v) is 28.0. The molecular weight excluding hydrogens is 635 g/mol. The van der Waals surface area contributed by atoms with Gasteiger partial charge in [0.05, 0.1) is 28.1 Å². The molecule has 3 heterocycles. The van der Waals surface area contributed by atoms with E-state index in [1.54, 1.807) is 0 Å². The fourth-order valence-electron chi connectivity index (χ4n) is 8.14. The van der Waals surface area contributed by atoms with Crippen molar-refractivity contribution in [1.82, 2.24) is 14.5 Å². The van der Waals surface area contributed by atoms with Gasteiger partial charge < -0.3 is 8.98 Å². The van der Waals surface area contributed by atoms with Crippen molar-refractivity contribution in [3.8, 4) is 39.6 Å². The lowest BCUT2D eigenvalue weighted by atomic mass is 9.97. The third kappa shape index (κ3) is 4.21. The van der Waals surface area contributed by atoms with E-state index in [1.165, 1.54) is 37.8 Å². The second-order valence-electron chi connectivity index (χ2n) is 13.3. The first-order valence-corrected chi connectivity index (χ1v) is 17.6. The number of nitrogens with zero attached hydrogens (tertiary/aromatic N) is 3. The topological polar surface area (TPSA) is 43.9 Å². The van der Waals surface area contributed by atoms with Crippen LogP contribution in [0.15, 0.2) is 180 Å². The standard InChI is InChI=1S/C48H29N3O/c1-3-15-30(16-4-1)39-29-40(50-48(49-39)31-17-5-2-6-18-31)36-27-28-42(47-45(36)38-24-12-14-26-43(38)52-47)51-41-25-13-11-23-37(41)44-34-21-9-7-19-32(34)33-20-8-10-22-35(33)46(44)51/h1-29H. The molecule has 0 bridgehead atoms. The van der Waals surface area contributed by atoms with Crippen molar-refractivity contribution in [2.45, 2.75) is 0 Å². The number of fused-ring (bicyclic) bond motifs is 11. The molecule has 0 radical (unpaired) electrons. The molecule has 242 valence electrons. The number of para-hydroxylation sites is 2. The van der Waals surface area contributed by atoms with Crippen LogP contribution < -0.4 is 0 Å². The van der Waals surface area contributed by atoms with E-state index < -0.39 is 0 Å². The lowest BCUT2D eigenvalue weighted by molar-refractivity contribution is 0.666. The Labute approximate surface area is 298 Å². The van der Waals surface area contributed by atoms with Gasteiger partial charge in [-0.05, 0) is 46.5 Å². The van der Waals surface area contributed by atoms with Gasteiger partial charge in [-0.3, -0.25) is 0 Å². The second kappa shape index (κ2) is 11.2. The van der Waals surface area contributed by atoms with Crippen LogP contribution in [0.5, 0.6) is 0 Å². The van der Waals surface area contributed by atoms with Crippen LogP contribution in [0, 0.1) is 0 Å². The summed E-state index contributed by atoms with van der Waals surface area (Å²) in [5.41, 5.74) is 9.66. The van der Waals surface area contributed by atoms with Gasteiger partial charge in [-0.2, -0.15) is 0 Å². The third-order valence-corrected chi connectivity index (χ3v) is 10.4. The molecule has 11 aromatic rings. The molecule has 0 spiro atoms. The molecular formula is C48H29N3O. The van der Waals surface area contributed by atoms with Crippen molar-refractivity contribution >= 4 is 65.3 Å². The molecule has 0 unspecified atom stereocenters. The Kier molecular flexibility index (Phi) is 6.22. The van der Waals surface area contributed by atoms with Gasteiger partial charge in [0, 0.05) is 43.6 Å². The molecule has 0 atom stereocenters. The van der Waals surface area contributed by atoms with Gasteiger partial charge in [0.15, 0.2) is 11.4 Å².